The maximum atomic E-state index is 12.4. The molecule has 1 aliphatic rings. The van der Waals surface area contributed by atoms with Gasteiger partial charge in [0.1, 0.15) is 5.69 Å². The second-order valence-electron chi connectivity index (χ2n) is 5.39. The molecule has 0 saturated carbocycles. The van der Waals surface area contributed by atoms with Gasteiger partial charge in [0.05, 0.1) is 6.26 Å². The number of aromatic nitrogens is 1. The number of nitrogens with zero attached hydrogens (tertiary/aromatic N) is 1. The van der Waals surface area contributed by atoms with Crippen LogP contribution in [0.25, 0.3) is 11.5 Å². The maximum absolute atomic E-state index is 12.4. The van der Waals surface area contributed by atoms with Gasteiger partial charge in [0.2, 0.25) is 5.91 Å². The van der Waals surface area contributed by atoms with Crippen molar-refractivity contribution in [2.24, 2.45) is 0 Å². The summed E-state index contributed by atoms with van der Waals surface area (Å²) in [7, 11) is 0. The van der Waals surface area contributed by atoms with E-state index >= 15 is 0 Å². The number of nitrogens with one attached hydrogen (secondary N) is 2. The van der Waals surface area contributed by atoms with Crippen molar-refractivity contribution in [3.05, 3.63) is 53.1 Å². The predicted octanol–water partition coefficient (Wildman–Crippen LogP) is 3.54. The molecule has 24 heavy (non-hydrogen) atoms. The lowest BCUT2D eigenvalue weighted by molar-refractivity contribution is -0.116. The molecule has 0 spiro atoms. The van der Waals surface area contributed by atoms with E-state index in [0.717, 1.165) is 11.3 Å². The summed E-state index contributed by atoms with van der Waals surface area (Å²) in [6.07, 6.45) is 2.66. The highest BCUT2D eigenvalue weighted by atomic mass is 32.1. The summed E-state index contributed by atoms with van der Waals surface area (Å²) in [6, 6.07) is 8.88. The Morgan fingerprint density at radius 2 is 2.21 bits per heavy atom. The minimum absolute atomic E-state index is 0.00735. The lowest BCUT2D eigenvalue weighted by Crippen LogP contribution is -2.20. The maximum Gasteiger partial charge on any atom is 0.257 e. The monoisotopic (exact) mass is 339 g/mol. The van der Waals surface area contributed by atoms with E-state index < -0.39 is 0 Å². The molecule has 1 aromatic carbocycles. The van der Waals surface area contributed by atoms with E-state index in [0.29, 0.717) is 35.0 Å². The van der Waals surface area contributed by atoms with Crippen LogP contribution in [-0.4, -0.2) is 16.8 Å². The quantitative estimate of drug-likeness (QED) is 0.764. The first-order valence-electron chi connectivity index (χ1n) is 7.42. The number of amides is 2. The Hall–Kier alpha value is -2.93. The SMILES string of the molecule is O=C1CCc2cc(C(=O)Nc3nc(-c4ccco4)cs3)ccc2N1. The molecule has 120 valence electrons. The van der Waals surface area contributed by atoms with Crippen molar-refractivity contribution in [3.8, 4) is 11.5 Å². The smallest absolute Gasteiger partial charge is 0.257 e. The van der Waals surface area contributed by atoms with Gasteiger partial charge >= 0.3 is 0 Å². The first-order chi connectivity index (χ1) is 11.7. The average Bonchev–Trinajstić information content (AvgIpc) is 3.25. The van der Waals surface area contributed by atoms with Crippen LogP contribution in [0.4, 0.5) is 10.8 Å². The van der Waals surface area contributed by atoms with Crippen LogP contribution in [0.15, 0.2) is 46.4 Å². The van der Waals surface area contributed by atoms with Gasteiger partial charge in [0.15, 0.2) is 10.9 Å². The van der Waals surface area contributed by atoms with Crippen LogP contribution >= 0.6 is 11.3 Å². The molecule has 0 aliphatic carbocycles. The number of benzene rings is 1. The summed E-state index contributed by atoms with van der Waals surface area (Å²) in [5.74, 6) is 0.444. The molecule has 6 nitrogen and oxygen atoms in total. The van der Waals surface area contributed by atoms with Crippen molar-refractivity contribution < 1.29 is 14.0 Å². The Kier molecular flexibility index (Phi) is 3.62. The van der Waals surface area contributed by atoms with E-state index in [9.17, 15) is 9.59 Å². The lowest BCUT2D eigenvalue weighted by atomic mass is 10.0. The van der Waals surface area contributed by atoms with Crippen LogP contribution in [0, 0.1) is 0 Å². The summed E-state index contributed by atoms with van der Waals surface area (Å²) in [4.78, 5) is 28.1. The average molecular weight is 339 g/mol. The number of hydrogen-bond donors (Lipinski definition) is 2. The summed E-state index contributed by atoms with van der Waals surface area (Å²) >= 11 is 1.34. The van der Waals surface area contributed by atoms with Crippen molar-refractivity contribution in [1.82, 2.24) is 4.98 Å². The molecule has 2 aromatic heterocycles. The zero-order valence-corrected chi connectivity index (χ0v) is 13.4. The third-order valence-electron chi connectivity index (χ3n) is 3.76. The van der Waals surface area contributed by atoms with E-state index in [-0.39, 0.29) is 11.8 Å². The van der Waals surface area contributed by atoms with E-state index in [1.807, 2.05) is 17.5 Å². The highest BCUT2D eigenvalue weighted by Gasteiger charge is 2.17. The molecule has 0 fully saturated rings. The van der Waals surface area contributed by atoms with Gasteiger partial charge in [-0.2, -0.15) is 0 Å². The van der Waals surface area contributed by atoms with Crippen molar-refractivity contribution in [2.45, 2.75) is 12.8 Å². The zero-order valence-electron chi connectivity index (χ0n) is 12.5. The Labute approximate surface area is 141 Å². The molecule has 0 unspecified atom stereocenters. The number of anilines is 2. The minimum atomic E-state index is -0.227. The number of carbonyl (C=O) groups excluding carboxylic acids is 2. The predicted molar refractivity (Wildman–Crippen MR) is 91.2 cm³/mol. The number of furan rings is 1. The number of rotatable bonds is 3. The van der Waals surface area contributed by atoms with Crippen molar-refractivity contribution >= 4 is 34.0 Å². The normalized spacial score (nSPS) is 13.2. The standard InChI is InChI=1S/C17H13N3O3S/c21-15-6-4-10-8-11(3-5-12(10)18-15)16(22)20-17-19-13(9-24-17)14-2-1-7-23-14/h1-3,5,7-9H,4,6H2,(H,18,21)(H,19,20,22). The lowest BCUT2D eigenvalue weighted by Gasteiger charge is -2.17. The Balaban J connectivity index is 1.51. The number of aryl methyl sites for hydroxylation is 1. The highest BCUT2D eigenvalue weighted by molar-refractivity contribution is 7.14. The summed E-state index contributed by atoms with van der Waals surface area (Å²) in [5.41, 5.74) is 2.97. The van der Waals surface area contributed by atoms with Gasteiger partial charge in [-0.3, -0.25) is 14.9 Å². The summed E-state index contributed by atoms with van der Waals surface area (Å²) in [5, 5.41) is 7.94. The van der Waals surface area contributed by atoms with Crippen molar-refractivity contribution in [1.29, 1.82) is 0 Å². The molecule has 0 bridgehead atoms. The number of thiazole rings is 1. The molecule has 3 aromatic rings. The fourth-order valence-corrected chi connectivity index (χ4v) is 3.26. The molecule has 0 saturated heterocycles. The van der Waals surface area contributed by atoms with Gasteiger partial charge in [0, 0.05) is 23.1 Å². The van der Waals surface area contributed by atoms with E-state index in [4.69, 9.17) is 4.42 Å². The van der Waals surface area contributed by atoms with E-state index in [1.165, 1.54) is 11.3 Å². The van der Waals surface area contributed by atoms with Crippen LogP contribution in [0.5, 0.6) is 0 Å². The topological polar surface area (TPSA) is 84.2 Å². The van der Waals surface area contributed by atoms with Crippen LogP contribution in [0.1, 0.15) is 22.3 Å². The fraction of sp³-hybridized carbons (Fsp3) is 0.118. The van der Waals surface area contributed by atoms with Crippen LogP contribution in [0.3, 0.4) is 0 Å². The van der Waals surface area contributed by atoms with Gasteiger partial charge < -0.3 is 9.73 Å². The minimum Gasteiger partial charge on any atom is -0.463 e. The number of hydrogen-bond acceptors (Lipinski definition) is 5. The Bertz CT molecular complexity index is 915. The fourth-order valence-electron chi connectivity index (χ4n) is 2.56. The molecule has 0 radical (unpaired) electrons. The highest BCUT2D eigenvalue weighted by Crippen LogP contribution is 2.27. The Morgan fingerprint density at radius 3 is 3.04 bits per heavy atom. The molecule has 4 rings (SSSR count). The van der Waals surface area contributed by atoms with Crippen molar-refractivity contribution in [3.63, 3.8) is 0 Å². The first kappa shape index (κ1) is 14.6. The molecule has 3 heterocycles. The molecule has 0 atom stereocenters. The van der Waals surface area contributed by atoms with Crippen LogP contribution in [-0.2, 0) is 11.2 Å². The summed E-state index contributed by atoms with van der Waals surface area (Å²) < 4.78 is 5.29. The van der Waals surface area contributed by atoms with Gasteiger partial charge in [-0.25, -0.2) is 4.98 Å². The third kappa shape index (κ3) is 2.81. The molecule has 2 amide bonds. The van der Waals surface area contributed by atoms with E-state index in [1.54, 1.807) is 24.5 Å². The largest absolute Gasteiger partial charge is 0.463 e. The van der Waals surface area contributed by atoms with Crippen molar-refractivity contribution in [2.75, 3.05) is 10.6 Å². The van der Waals surface area contributed by atoms with Crippen LogP contribution < -0.4 is 10.6 Å². The van der Waals surface area contributed by atoms with Crippen LogP contribution in [0.2, 0.25) is 0 Å². The first-order valence-corrected chi connectivity index (χ1v) is 8.30. The number of carbonyl (C=O) groups is 2. The van der Waals surface area contributed by atoms with Gasteiger partial charge in [-0.15, -0.1) is 11.3 Å². The molecule has 7 heteroatoms. The zero-order chi connectivity index (χ0) is 16.5. The summed E-state index contributed by atoms with van der Waals surface area (Å²) in [6.45, 7) is 0. The second kappa shape index (κ2) is 5.93. The molecular formula is C17H13N3O3S. The third-order valence-corrected chi connectivity index (χ3v) is 4.52. The van der Waals surface area contributed by atoms with E-state index in [2.05, 4.69) is 15.6 Å². The van der Waals surface area contributed by atoms with Gasteiger partial charge in [-0.05, 0) is 42.3 Å². The van der Waals surface area contributed by atoms with Gasteiger partial charge in [-0.1, -0.05) is 0 Å². The Morgan fingerprint density at radius 1 is 1.29 bits per heavy atom. The van der Waals surface area contributed by atoms with Gasteiger partial charge in [0.25, 0.3) is 5.91 Å². The molecular weight excluding hydrogens is 326 g/mol. The molecule has 1 aliphatic heterocycles. The molecule has 2 N–H and O–H groups in total. The number of fused-ring (bicyclic) bond motifs is 1. The second-order valence-corrected chi connectivity index (χ2v) is 6.25.